The first-order valence-corrected chi connectivity index (χ1v) is 9.16. The van der Waals surface area contributed by atoms with E-state index in [1.165, 1.54) is 4.88 Å². The van der Waals surface area contributed by atoms with Gasteiger partial charge in [0, 0.05) is 23.0 Å². The highest BCUT2D eigenvalue weighted by Gasteiger charge is 2.06. The molecule has 0 spiro atoms. The Morgan fingerprint density at radius 3 is 2.73 bits per heavy atom. The number of aromatic nitrogens is 2. The maximum Gasteiger partial charge on any atom is 0.192 e. The average molecular weight is 338 g/mol. The lowest BCUT2D eigenvalue weighted by Gasteiger charge is -2.09. The molecule has 0 saturated heterocycles. The Hall–Kier alpha value is -1.47. The highest BCUT2D eigenvalue weighted by atomic mass is 32.1. The molecule has 0 bridgehead atoms. The number of rotatable bonds is 6. The van der Waals surface area contributed by atoms with E-state index < -0.39 is 0 Å². The van der Waals surface area contributed by atoms with E-state index in [0.717, 1.165) is 28.2 Å². The van der Waals surface area contributed by atoms with E-state index in [1.54, 1.807) is 22.7 Å². The number of aliphatic imine (C=N–C) groups is 1. The number of thiazole rings is 2. The summed E-state index contributed by atoms with van der Waals surface area (Å²) in [4.78, 5) is 14.7. The molecule has 5 nitrogen and oxygen atoms in total. The number of guanidine groups is 1. The van der Waals surface area contributed by atoms with Gasteiger partial charge in [-0.05, 0) is 19.8 Å². The van der Waals surface area contributed by atoms with Crippen LogP contribution in [0.1, 0.15) is 47.3 Å². The van der Waals surface area contributed by atoms with Gasteiger partial charge < -0.3 is 10.6 Å². The third-order valence-electron chi connectivity index (χ3n) is 2.95. The second kappa shape index (κ2) is 8.24. The van der Waals surface area contributed by atoms with Gasteiger partial charge in [-0.2, -0.15) is 0 Å². The van der Waals surface area contributed by atoms with Crippen LogP contribution in [0.15, 0.2) is 16.6 Å². The summed E-state index contributed by atoms with van der Waals surface area (Å²) in [6.45, 7) is 10.6. The van der Waals surface area contributed by atoms with Gasteiger partial charge in [-0.1, -0.05) is 13.8 Å². The average Bonchev–Trinajstić information content (AvgIpc) is 3.11. The van der Waals surface area contributed by atoms with E-state index in [9.17, 15) is 0 Å². The van der Waals surface area contributed by atoms with E-state index in [2.05, 4.69) is 58.7 Å². The van der Waals surface area contributed by atoms with Crippen LogP contribution < -0.4 is 10.6 Å². The van der Waals surface area contributed by atoms with Gasteiger partial charge in [-0.15, -0.1) is 22.7 Å². The molecule has 0 aliphatic heterocycles. The van der Waals surface area contributed by atoms with Crippen molar-refractivity contribution in [1.82, 2.24) is 20.6 Å². The van der Waals surface area contributed by atoms with Gasteiger partial charge in [0.15, 0.2) is 5.96 Å². The second-order valence-corrected chi connectivity index (χ2v) is 7.50. The van der Waals surface area contributed by atoms with Crippen molar-refractivity contribution in [2.24, 2.45) is 4.99 Å². The quantitative estimate of drug-likeness (QED) is 0.627. The molecule has 0 radical (unpaired) electrons. The van der Waals surface area contributed by atoms with Crippen LogP contribution in [0, 0.1) is 6.92 Å². The Morgan fingerprint density at radius 1 is 1.32 bits per heavy atom. The summed E-state index contributed by atoms with van der Waals surface area (Å²) in [7, 11) is 0. The minimum Gasteiger partial charge on any atom is -0.357 e. The van der Waals surface area contributed by atoms with E-state index in [4.69, 9.17) is 0 Å². The summed E-state index contributed by atoms with van der Waals surface area (Å²) in [5.41, 5.74) is 1.15. The first kappa shape index (κ1) is 16.9. The summed E-state index contributed by atoms with van der Waals surface area (Å²) in [5.74, 6) is 1.27. The number of nitrogens with zero attached hydrogens (tertiary/aromatic N) is 3. The summed E-state index contributed by atoms with van der Waals surface area (Å²) in [5, 5.41) is 10.8. The van der Waals surface area contributed by atoms with Crippen molar-refractivity contribution in [2.75, 3.05) is 6.54 Å². The van der Waals surface area contributed by atoms with E-state index >= 15 is 0 Å². The van der Waals surface area contributed by atoms with Crippen LogP contribution in [-0.2, 0) is 13.1 Å². The van der Waals surface area contributed by atoms with Gasteiger partial charge >= 0.3 is 0 Å². The lowest BCUT2D eigenvalue weighted by molar-refractivity contribution is 0.787. The molecular weight excluding hydrogens is 314 g/mol. The standard InChI is InChI=1S/C15H23N5S2/c1-5-16-15(18-7-13-17-6-11(4)22-13)19-8-14-20-12(9-21-14)10(2)3/h6,9-10H,5,7-8H2,1-4H3,(H2,16,18,19). The minimum absolute atomic E-state index is 0.472. The summed E-state index contributed by atoms with van der Waals surface area (Å²) in [6, 6.07) is 0. The third kappa shape index (κ3) is 5.06. The molecule has 0 atom stereocenters. The van der Waals surface area contributed by atoms with Crippen LogP contribution in [0.5, 0.6) is 0 Å². The second-order valence-electron chi connectivity index (χ2n) is 5.23. The predicted molar refractivity (Wildman–Crippen MR) is 94.7 cm³/mol. The molecule has 2 heterocycles. The highest BCUT2D eigenvalue weighted by molar-refractivity contribution is 7.11. The fourth-order valence-electron chi connectivity index (χ4n) is 1.79. The van der Waals surface area contributed by atoms with Crippen LogP contribution in [0.3, 0.4) is 0 Å². The van der Waals surface area contributed by atoms with Gasteiger partial charge in [0.05, 0.1) is 18.8 Å². The van der Waals surface area contributed by atoms with E-state index in [-0.39, 0.29) is 0 Å². The Balaban J connectivity index is 1.92. The summed E-state index contributed by atoms with van der Waals surface area (Å²) in [6.07, 6.45) is 1.89. The molecule has 2 rings (SSSR count). The van der Waals surface area contributed by atoms with Gasteiger partial charge in [-0.3, -0.25) is 0 Å². The minimum atomic E-state index is 0.472. The van der Waals surface area contributed by atoms with Crippen LogP contribution in [-0.4, -0.2) is 22.5 Å². The molecule has 2 aromatic heterocycles. The predicted octanol–water partition coefficient (Wildman–Crippen LogP) is 3.29. The molecule has 22 heavy (non-hydrogen) atoms. The largest absolute Gasteiger partial charge is 0.357 e. The van der Waals surface area contributed by atoms with Gasteiger partial charge in [0.2, 0.25) is 0 Å². The summed E-state index contributed by atoms with van der Waals surface area (Å²) < 4.78 is 0. The Labute approximate surface area is 139 Å². The fraction of sp³-hybridized carbons (Fsp3) is 0.533. The molecule has 7 heteroatoms. The zero-order chi connectivity index (χ0) is 15.9. The SMILES string of the molecule is CCNC(=NCc1ncc(C)s1)NCc1nc(C(C)C)cs1. The molecule has 0 aromatic carbocycles. The normalized spacial score (nSPS) is 12.0. The number of nitrogens with one attached hydrogen (secondary N) is 2. The first-order chi connectivity index (χ1) is 10.6. The third-order valence-corrected chi connectivity index (χ3v) is 4.72. The monoisotopic (exact) mass is 337 g/mol. The molecule has 2 N–H and O–H groups in total. The summed E-state index contributed by atoms with van der Waals surface area (Å²) >= 11 is 3.37. The van der Waals surface area contributed by atoms with Crippen molar-refractivity contribution >= 4 is 28.6 Å². The number of hydrogen-bond donors (Lipinski definition) is 2. The molecule has 2 aromatic rings. The van der Waals surface area contributed by atoms with Crippen molar-refractivity contribution < 1.29 is 0 Å². The van der Waals surface area contributed by atoms with Crippen molar-refractivity contribution in [1.29, 1.82) is 0 Å². The molecule has 0 fully saturated rings. The van der Waals surface area contributed by atoms with Gasteiger partial charge in [0.1, 0.15) is 10.0 Å². The maximum atomic E-state index is 4.63. The topological polar surface area (TPSA) is 62.2 Å². The lowest BCUT2D eigenvalue weighted by atomic mass is 10.2. The fourth-order valence-corrected chi connectivity index (χ4v) is 3.40. The van der Waals surface area contributed by atoms with Crippen LogP contribution >= 0.6 is 22.7 Å². The van der Waals surface area contributed by atoms with Gasteiger partial charge in [0.25, 0.3) is 0 Å². The van der Waals surface area contributed by atoms with Crippen molar-refractivity contribution in [3.63, 3.8) is 0 Å². The molecule has 0 saturated carbocycles. The Kier molecular flexibility index (Phi) is 6.33. The molecule has 0 amide bonds. The van der Waals surface area contributed by atoms with Gasteiger partial charge in [-0.25, -0.2) is 15.0 Å². The molecule has 0 unspecified atom stereocenters. The molecular formula is C15H23N5S2. The molecule has 120 valence electrons. The molecule has 0 aliphatic carbocycles. The number of aryl methyl sites for hydroxylation is 1. The van der Waals surface area contributed by atoms with Crippen molar-refractivity contribution in [3.05, 3.63) is 32.2 Å². The van der Waals surface area contributed by atoms with E-state index in [0.29, 0.717) is 19.0 Å². The highest BCUT2D eigenvalue weighted by Crippen LogP contribution is 2.17. The Morgan fingerprint density at radius 2 is 2.14 bits per heavy atom. The van der Waals surface area contributed by atoms with Crippen LogP contribution in [0.4, 0.5) is 0 Å². The van der Waals surface area contributed by atoms with Crippen LogP contribution in [0.2, 0.25) is 0 Å². The Bertz CT molecular complexity index is 615. The smallest absolute Gasteiger partial charge is 0.192 e. The first-order valence-electron chi connectivity index (χ1n) is 7.46. The van der Waals surface area contributed by atoms with E-state index in [1.807, 2.05) is 6.20 Å². The van der Waals surface area contributed by atoms with Crippen LogP contribution in [0.25, 0.3) is 0 Å². The lowest BCUT2D eigenvalue weighted by Crippen LogP contribution is -2.36. The van der Waals surface area contributed by atoms with Crippen molar-refractivity contribution in [2.45, 2.75) is 46.7 Å². The zero-order valence-electron chi connectivity index (χ0n) is 13.5. The number of hydrogen-bond acceptors (Lipinski definition) is 5. The maximum absolute atomic E-state index is 4.63. The van der Waals surface area contributed by atoms with Crippen molar-refractivity contribution in [3.8, 4) is 0 Å². The molecule has 0 aliphatic rings. The zero-order valence-corrected chi connectivity index (χ0v) is 15.1.